The lowest BCUT2D eigenvalue weighted by Gasteiger charge is -2.21. The van der Waals surface area contributed by atoms with E-state index in [-0.39, 0.29) is 5.41 Å². The van der Waals surface area contributed by atoms with Crippen LogP contribution < -0.4 is 0 Å². The number of unbranched alkanes of at least 4 members (excludes halogenated alkanes) is 1. The van der Waals surface area contributed by atoms with Crippen LogP contribution in [0.2, 0.25) is 0 Å². The molecule has 0 heteroatoms. The van der Waals surface area contributed by atoms with Crippen LogP contribution in [-0.4, -0.2) is 0 Å². The highest BCUT2D eigenvalue weighted by molar-refractivity contribution is 5.66. The molecule has 0 N–H and O–H groups in total. The fourth-order valence-corrected chi connectivity index (χ4v) is 6.84. The average molecular weight is 557 g/mol. The molecule has 0 spiro atoms. The Hall–Kier alpha value is -3.12. The highest BCUT2D eigenvalue weighted by atomic mass is 14.3. The summed E-state index contributed by atoms with van der Waals surface area (Å²) in [6.45, 7) is 11.4. The number of hydrogen-bond donors (Lipinski definition) is 0. The molecule has 0 bridgehead atoms. The first kappa shape index (κ1) is 30.3. The van der Waals surface area contributed by atoms with E-state index in [4.69, 9.17) is 0 Å². The van der Waals surface area contributed by atoms with E-state index in [2.05, 4.69) is 120 Å². The van der Waals surface area contributed by atoms with Gasteiger partial charge in [0.2, 0.25) is 0 Å². The summed E-state index contributed by atoms with van der Waals surface area (Å²) in [5.74, 6) is 0.655. The van der Waals surface area contributed by atoms with Crippen molar-refractivity contribution >= 4 is 0 Å². The molecule has 0 fully saturated rings. The van der Waals surface area contributed by atoms with Gasteiger partial charge in [0, 0.05) is 0 Å². The van der Waals surface area contributed by atoms with Crippen LogP contribution in [0.4, 0.5) is 0 Å². The maximum absolute atomic E-state index is 2.54. The van der Waals surface area contributed by atoms with Crippen molar-refractivity contribution in [3.63, 3.8) is 0 Å². The molecular weight excluding hydrogens is 504 g/mol. The number of aryl methyl sites for hydroxylation is 6. The smallest absolute Gasteiger partial charge is 0.0132 e. The second-order valence-electron chi connectivity index (χ2n) is 13.9. The molecule has 42 heavy (non-hydrogen) atoms. The summed E-state index contributed by atoms with van der Waals surface area (Å²) in [5.41, 5.74) is 14.9. The Balaban J connectivity index is 1.18. The largest absolute Gasteiger partial charge is 0.0614 e. The fourth-order valence-electron chi connectivity index (χ4n) is 6.84. The minimum absolute atomic E-state index is 0.167. The van der Waals surface area contributed by atoms with Crippen LogP contribution in [0.5, 0.6) is 0 Å². The average Bonchev–Trinajstić information content (AvgIpc) is 3.21. The zero-order valence-electron chi connectivity index (χ0n) is 26.9. The fraction of sp³-hybridized carbons (Fsp3) is 0.429. The first-order chi connectivity index (χ1) is 20.3. The Morgan fingerprint density at radius 3 is 2.12 bits per heavy atom. The summed E-state index contributed by atoms with van der Waals surface area (Å²) in [7, 11) is 0. The summed E-state index contributed by atoms with van der Waals surface area (Å²) < 4.78 is 0. The molecule has 4 aromatic rings. The Morgan fingerprint density at radius 1 is 0.690 bits per heavy atom. The van der Waals surface area contributed by atoms with Crippen LogP contribution in [0.15, 0.2) is 84.9 Å². The standard InChI is InChI=1S/C42H52/c1-6-35-28-34(19-18-31(35)2)13-8-7-12-32-20-22-33(23-21-32)24-25-36-14-9-10-15-37-26-27-39(30-41(36)37)38-16-11-17-40(29-38)42(3,4)5/h11,16-23,26-30,36H,6-10,12-15,24-25H2,1-5H3. The predicted octanol–water partition coefficient (Wildman–Crippen LogP) is 11.5. The number of benzene rings is 4. The molecule has 0 nitrogen and oxygen atoms in total. The molecule has 5 rings (SSSR count). The van der Waals surface area contributed by atoms with Crippen molar-refractivity contribution in [1.29, 1.82) is 0 Å². The van der Waals surface area contributed by atoms with Crippen molar-refractivity contribution < 1.29 is 0 Å². The Labute approximate surface area is 256 Å². The van der Waals surface area contributed by atoms with Gasteiger partial charge >= 0.3 is 0 Å². The Morgan fingerprint density at radius 2 is 1.38 bits per heavy atom. The molecule has 1 aliphatic rings. The molecule has 220 valence electrons. The van der Waals surface area contributed by atoms with Crippen molar-refractivity contribution in [2.45, 2.75) is 117 Å². The van der Waals surface area contributed by atoms with Crippen molar-refractivity contribution in [3.8, 4) is 11.1 Å². The first-order valence-electron chi connectivity index (χ1n) is 16.7. The van der Waals surface area contributed by atoms with Crippen LogP contribution in [0.1, 0.15) is 117 Å². The molecule has 0 saturated carbocycles. The predicted molar refractivity (Wildman–Crippen MR) is 183 cm³/mol. The van der Waals surface area contributed by atoms with Gasteiger partial charge in [0.15, 0.2) is 0 Å². The monoisotopic (exact) mass is 556 g/mol. The van der Waals surface area contributed by atoms with E-state index in [9.17, 15) is 0 Å². The van der Waals surface area contributed by atoms with Crippen molar-refractivity contribution in [1.82, 2.24) is 0 Å². The molecule has 0 radical (unpaired) electrons. The van der Waals surface area contributed by atoms with E-state index >= 15 is 0 Å². The number of rotatable bonds is 10. The van der Waals surface area contributed by atoms with E-state index < -0.39 is 0 Å². The van der Waals surface area contributed by atoms with Crippen LogP contribution in [0.3, 0.4) is 0 Å². The number of fused-ring (bicyclic) bond motifs is 1. The quantitative estimate of drug-likeness (QED) is 0.135. The summed E-state index contributed by atoms with van der Waals surface area (Å²) in [4.78, 5) is 0. The zero-order valence-corrected chi connectivity index (χ0v) is 26.9. The van der Waals surface area contributed by atoms with Gasteiger partial charge in [0.05, 0.1) is 0 Å². The van der Waals surface area contributed by atoms with Gasteiger partial charge in [-0.25, -0.2) is 0 Å². The Kier molecular flexibility index (Phi) is 10.0. The van der Waals surface area contributed by atoms with E-state index in [0.29, 0.717) is 5.92 Å². The van der Waals surface area contributed by atoms with Gasteiger partial charge in [0.1, 0.15) is 0 Å². The van der Waals surface area contributed by atoms with Gasteiger partial charge in [-0.2, -0.15) is 0 Å². The first-order valence-corrected chi connectivity index (χ1v) is 16.7. The molecule has 0 amide bonds. The topological polar surface area (TPSA) is 0 Å². The molecular formula is C42H52. The molecule has 4 aromatic carbocycles. The maximum Gasteiger partial charge on any atom is -0.0132 e. The molecule has 0 heterocycles. The molecule has 0 aliphatic heterocycles. The van der Waals surface area contributed by atoms with Gasteiger partial charge in [-0.1, -0.05) is 119 Å². The van der Waals surface area contributed by atoms with Crippen LogP contribution in [0, 0.1) is 6.92 Å². The lowest BCUT2D eigenvalue weighted by atomic mass is 9.83. The van der Waals surface area contributed by atoms with E-state index in [1.807, 2.05) is 0 Å². The zero-order chi connectivity index (χ0) is 29.5. The van der Waals surface area contributed by atoms with Gasteiger partial charge < -0.3 is 0 Å². The molecule has 0 saturated heterocycles. The van der Waals surface area contributed by atoms with Crippen LogP contribution >= 0.6 is 0 Å². The van der Waals surface area contributed by atoms with Crippen molar-refractivity contribution in [2.24, 2.45) is 0 Å². The third-order valence-electron chi connectivity index (χ3n) is 9.68. The summed E-state index contributed by atoms with van der Waals surface area (Å²) in [6, 6.07) is 33.1. The van der Waals surface area contributed by atoms with Gasteiger partial charge in [0.25, 0.3) is 0 Å². The summed E-state index contributed by atoms with van der Waals surface area (Å²) in [6.07, 6.45) is 13.6. The molecule has 1 unspecified atom stereocenters. The van der Waals surface area contributed by atoms with Crippen molar-refractivity contribution in [3.05, 3.63) is 129 Å². The van der Waals surface area contributed by atoms with Crippen LogP contribution in [0.25, 0.3) is 11.1 Å². The van der Waals surface area contributed by atoms with Gasteiger partial charge in [-0.05, 0) is 138 Å². The summed E-state index contributed by atoms with van der Waals surface area (Å²) in [5, 5.41) is 0. The van der Waals surface area contributed by atoms with Crippen LogP contribution in [-0.2, 0) is 37.5 Å². The Bertz CT molecular complexity index is 1450. The van der Waals surface area contributed by atoms with Gasteiger partial charge in [-0.3, -0.25) is 0 Å². The molecule has 1 atom stereocenters. The third-order valence-corrected chi connectivity index (χ3v) is 9.68. The van der Waals surface area contributed by atoms with E-state index in [1.54, 1.807) is 11.1 Å². The highest BCUT2D eigenvalue weighted by Crippen LogP contribution is 2.37. The van der Waals surface area contributed by atoms with E-state index in [0.717, 1.165) is 6.42 Å². The lowest BCUT2D eigenvalue weighted by molar-refractivity contribution is 0.558. The normalized spacial score (nSPS) is 15.3. The molecule has 0 aromatic heterocycles. The molecule has 1 aliphatic carbocycles. The number of hydrogen-bond acceptors (Lipinski definition) is 0. The highest BCUT2D eigenvalue weighted by Gasteiger charge is 2.20. The van der Waals surface area contributed by atoms with Crippen molar-refractivity contribution in [2.75, 3.05) is 0 Å². The minimum atomic E-state index is 0.167. The second kappa shape index (κ2) is 13.9. The maximum atomic E-state index is 2.54. The third kappa shape index (κ3) is 7.83. The lowest BCUT2D eigenvalue weighted by Crippen LogP contribution is -2.10. The van der Waals surface area contributed by atoms with E-state index in [1.165, 1.54) is 109 Å². The SMILES string of the molecule is CCc1cc(CCCCc2ccc(CCC3CCCCc4ccc(-c5cccc(C(C)(C)C)c5)cc43)cc2)ccc1C. The van der Waals surface area contributed by atoms with Gasteiger partial charge in [-0.15, -0.1) is 0 Å². The minimum Gasteiger partial charge on any atom is -0.0614 e. The second-order valence-corrected chi connectivity index (χ2v) is 13.9. The summed E-state index contributed by atoms with van der Waals surface area (Å²) >= 11 is 0.